The fourth-order valence-electron chi connectivity index (χ4n) is 2.94. The number of hydrogen-bond donors (Lipinski definition) is 3. The van der Waals surface area contributed by atoms with Crippen molar-refractivity contribution in [2.75, 3.05) is 0 Å². The maximum absolute atomic E-state index is 4.63. The van der Waals surface area contributed by atoms with E-state index in [1.54, 1.807) is 0 Å². The molecular weight excluding hydrogens is 366 g/mol. The minimum absolute atomic E-state index is 0. The molecule has 0 unspecified atom stereocenters. The van der Waals surface area contributed by atoms with E-state index >= 15 is 0 Å². The predicted octanol–water partition coefficient (Wildman–Crippen LogP) is 4.82. The molecule has 5 rings (SSSR count). The first-order chi connectivity index (χ1) is 11.8. The summed E-state index contributed by atoms with van der Waals surface area (Å²) in [6.45, 7) is 0. The first-order valence-corrected chi connectivity index (χ1v) is 7.85. The van der Waals surface area contributed by atoms with E-state index in [2.05, 4.69) is 44.2 Å². The van der Waals surface area contributed by atoms with Crippen LogP contribution in [0.25, 0.3) is 46.4 Å². The van der Waals surface area contributed by atoms with Gasteiger partial charge in [-0.1, -0.05) is 0 Å². The van der Waals surface area contributed by atoms with Crippen molar-refractivity contribution < 1.29 is 17.1 Å². The number of hydrogen-bond acceptors (Lipinski definition) is 3. The molecule has 0 saturated heterocycles. The molecule has 0 aliphatic carbocycles. The summed E-state index contributed by atoms with van der Waals surface area (Å²) < 4.78 is 0. The van der Waals surface area contributed by atoms with Gasteiger partial charge < -0.3 is 16.1 Å². The third-order valence-corrected chi connectivity index (χ3v) is 4.04. The first-order valence-electron chi connectivity index (χ1n) is 7.85. The fraction of sp³-hybridized carbons (Fsp3) is 0. The van der Waals surface area contributed by atoms with Gasteiger partial charge in [0.25, 0.3) is 0 Å². The van der Waals surface area contributed by atoms with E-state index in [0.717, 1.165) is 44.8 Å². The summed E-state index contributed by atoms with van der Waals surface area (Å²) in [5.74, 6) is 0. The van der Waals surface area contributed by atoms with E-state index in [1.165, 1.54) is 0 Å². The van der Waals surface area contributed by atoms with Crippen molar-refractivity contribution in [2.24, 2.45) is 0 Å². The fourth-order valence-corrected chi connectivity index (χ4v) is 2.94. The van der Waals surface area contributed by atoms with Crippen LogP contribution in [-0.2, 0) is 17.1 Å². The third kappa shape index (κ3) is 3.53. The third-order valence-electron chi connectivity index (χ3n) is 4.04. The summed E-state index contributed by atoms with van der Waals surface area (Å²) >= 11 is 0. The molecule has 2 aliphatic heterocycles. The minimum Gasteiger partial charge on any atom is -0.355 e. The van der Waals surface area contributed by atoms with Crippen molar-refractivity contribution in [1.29, 1.82) is 0 Å². The average molecular weight is 383 g/mol. The topological polar surface area (TPSA) is 92.4 Å². The van der Waals surface area contributed by atoms with E-state index in [-0.39, 0.29) is 23.2 Å². The van der Waals surface area contributed by atoms with Crippen molar-refractivity contribution >= 4 is 46.4 Å². The number of H-pyrrole nitrogens is 2. The molecule has 3 aromatic rings. The molecular formula is C20H17FeN5. The van der Waals surface area contributed by atoms with Crippen LogP contribution in [0.15, 0.2) is 48.5 Å². The molecule has 3 aromatic heterocycles. The van der Waals surface area contributed by atoms with Crippen LogP contribution in [0.1, 0.15) is 22.8 Å². The van der Waals surface area contributed by atoms with Crippen molar-refractivity contribution in [3.05, 3.63) is 71.3 Å². The molecule has 0 radical (unpaired) electrons. The van der Waals surface area contributed by atoms with Gasteiger partial charge in [-0.25, -0.2) is 9.97 Å². The van der Waals surface area contributed by atoms with Gasteiger partial charge in [0.1, 0.15) is 0 Å². The summed E-state index contributed by atoms with van der Waals surface area (Å²) in [7, 11) is 0. The zero-order chi connectivity index (χ0) is 15.9. The molecule has 0 saturated carbocycles. The van der Waals surface area contributed by atoms with E-state index in [4.69, 9.17) is 0 Å². The zero-order valence-electron chi connectivity index (χ0n) is 13.9. The Morgan fingerprint density at radius 2 is 0.769 bits per heavy atom. The van der Waals surface area contributed by atoms with E-state index in [0.29, 0.717) is 0 Å². The molecule has 5 heterocycles. The number of rotatable bonds is 0. The molecule has 5 N–H and O–H groups in total. The van der Waals surface area contributed by atoms with E-state index < -0.39 is 0 Å². The number of aromatic amines is 2. The Bertz CT molecular complexity index is 993. The molecule has 0 spiro atoms. The van der Waals surface area contributed by atoms with Crippen molar-refractivity contribution in [3.8, 4) is 0 Å². The second-order valence-corrected chi connectivity index (χ2v) is 5.91. The molecule has 0 atom stereocenters. The van der Waals surface area contributed by atoms with Gasteiger partial charge >= 0.3 is 0 Å². The van der Waals surface area contributed by atoms with E-state index in [9.17, 15) is 0 Å². The Hall–Kier alpha value is -2.92. The smallest absolute Gasteiger partial charge is 0.0658 e. The van der Waals surface area contributed by atoms with Gasteiger partial charge in [0, 0.05) is 39.1 Å². The quantitative estimate of drug-likeness (QED) is 0.335. The summed E-state index contributed by atoms with van der Waals surface area (Å²) in [6.07, 6.45) is 8.09. The Morgan fingerprint density at radius 3 is 1.04 bits per heavy atom. The Labute approximate surface area is 161 Å². The van der Waals surface area contributed by atoms with Crippen molar-refractivity contribution in [2.45, 2.75) is 0 Å². The second-order valence-electron chi connectivity index (χ2n) is 5.91. The number of nitrogens with one attached hydrogen (secondary N) is 2. The zero-order valence-corrected chi connectivity index (χ0v) is 15.0. The molecule has 0 aromatic carbocycles. The summed E-state index contributed by atoms with van der Waals surface area (Å²) in [4.78, 5) is 16.0. The summed E-state index contributed by atoms with van der Waals surface area (Å²) in [5, 5.41) is 0. The largest absolute Gasteiger partial charge is 0.355 e. The van der Waals surface area contributed by atoms with Gasteiger partial charge in [-0.05, 0) is 72.8 Å². The molecule has 5 nitrogen and oxygen atoms in total. The minimum atomic E-state index is 0. The van der Waals surface area contributed by atoms with Crippen LogP contribution in [0.4, 0.5) is 0 Å². The molecule has 0 fully saturated rings. The van der Waals surface area contributed by atoms with Gasteiger partial charge in [-0.2, -0.15) is 0 Å². The Kier molecular flexibility index (Phi) is 4.91. The van der Waals surface area contributed by atoms with Gasteiger partial charge in [0.15, 0.2) is 0 Å². The number of nitrogens with zero attached hydrogens (tertiary/aromatic N) is 2. The molecule has 130 valence electrons. The van der Waals surface area contributed by atoms with Gasteiger partial charge in [-0.3, -0.25) is 0 Å². The van der Waals surface area contributed by atoms with Crippen molar-refractivity contribution in [3.63, 3.8) is 0 Å². The normalized spacial score (nSPS) is 11.7. The number of fused-ring (bicyclic) bond motifs is 8. The van der Waals surface area contributed by atoms with Crippen LogP contribution in [0, 0.1) is 0 Å². The second kappa shape index (κ2) is 7.14. The maximum atomic E-state index is 4.63. The monoisotopic (exact) mass is 383 g/mol. The van der Waals surface area contributed by atoms with Gasteiger partial charge in [-0.15, -0.1) is 0 Å². The average Bonchev–Trinajstić information content (AvgIpc) is 3.32. The molecule has 26 heavy (non-hydrogen) atoms. The Morgan fingerprint density at radius 1 is 0.500 bits per heavy atom. The van der Waals surface area contributed by atoms with Crippen LogP contribution in [-0.4, -0.2) is 19.9 Å². The Balaban J connectivity index is 0.000000980. The van der Waals surface area contributed by atoms with Crippen LogP contribution in [0.2, 0.25) is 0 Å². The van der Waals surface area contributed by atoms with Crippen molar-refractivity contribution in [1.82, 2.24) is 26.1 Å². The molecule has 6 heteroatoms. The molecule has 0 amide bonds. The van der Waals surface area contributed by atoms with Gasteiger partial charge in [0.05, 0.1) is 22.8 Å². The van der Waals surface area contributed by atoms with Gasteiger partial charge in [0.2, 0.25) is 0 Å². The van der Waals surface area contributed by atoms with Crippen LogP contribution >= 0.6 is 0 Å². The first kappa shape index (κ1) is 17.9. The van der Waals surface area contributed by atoms with E-state index in [1.807, 2.05) is 48.6 Å². The predicted molar refractivity (Wildman–Crippen MR) is 104 cm³/mol. The summed E-state index contributed by atoms with van der Waals surface area (Å²) in [6, 6.07) is 16.4. The van der Waals surface area contributed by atoms with Crippen LogP contribution in [0.3, 0.4) is 0 Å². The summed E-state index contributed by atoms with van der Waals surface area (Å²) in [5.41, 5.74) is 7.86. The molecule has 2 aliphatic rings. The SMILES string of the molecule is C1=Cc2cc3ccc(cc4nc(cc5ccc(cc1n2)[nH]5)C=C4)[nH]3.N.[Fe]. The van der Waals surface area contributed by atoms with Crippen LogP contribution < -0.4 is 6.15 Å². The standard InChI is InChI=1S/C20H14N4.Fe.H3N/c1-2-14-10-16-5-6-18(23-16)12-20-8-7-19(24-20)11-17-4-3-15(22-17)9-13(1)21-14;;/h1-12,21,24H;;1H3. The maximum Gasteiger partial charge on any atom is 0.0658 e. The number of aromatic nitrogens is 4. The molecule has 8 bridgehead atoms. The van der Waals surface area contributed by atoms with Crippen LogP contribution in [0.5, 0.6) is 0 Å².